The number of hydrogen-bond donors (Lipinski definition) is 1. The van der Waals surface area contributed by atoms with E-state index in [0.717, 1.165) is 25.0 Å². The SMILES string of the molecule is CC(C)CN1CCCC(N)C1c1ccc2ncccc2c1. The van der Waals surface area contributed by atoms with Crippen LogP contribution in [0.1, 0.15) is 38.3 Å². The Kier molecular flexibility index (Phi) is 4.22. The highest BCUT2D eigenvalue weighted by Gasteiger charge is 2.30. The van der Waals surface area contributed by atoms with Gasteiger partial charge in [0.25, 0.3) is 0 Å². The predicted octanol–water partition coefficient (Wildman–Crippen LogP) is 3.36. The quantitative estimate of drug-likeness (QED) is 0.939. The van der Waals surface area contributed by atoms with Gasteiger partial charge in [0.05, 0.1) is 5.52 Å². The van der Waals surface area contributed by atoms with Crippen molar-refractivity contribution in [1.29, 1.82) is 0 Å². The van der Waals surface area contributed by atoms with Crippen LogP contribution in [-0.4, -0.2) is 29.0 Å². The Bertz CT molecular complexity index is 608. The number of likely N-dealkylation sites (tertiary alicyclic amines) is 1. The van der Waals surface area contributed by atoms with Crippen LogP contribution in [0.2, 0.25) is 0 Å². The van der Waals surface area contributed by atoms with Gasteiger partial charge in [-0.05, 0) is 49.1 Å². The lowest BCUT2D eigenvalue weighted by Gasteiger charge is -2.41. The molecular weight excluding hydrogens is 258 g/mol. The molecule has 1 aromatic carbocycles. The smallest absolute Gasteiger partial charge is 0.0702 e. The lowest BCUT2D eigenvalue weighted by molar-refractivity contribution is 0.114. The van der Waals surface area contributed by atoms with Crippen LogP contribution in [0.25, 0.3) is 10.9 Å². The average molecular weight is 283 g/mol. The highest BCUT2D eigenvalue weighted by atomic mass is 15.2. The van der Waals surface area contributed by atoms with Crippen LogP contribution in [-0.2, 0) is 0 Å². The zero-order chi connectivity index (χ0) is 14.8. The van der Waals surface area contributed by atoms with Crippen molar-refractivity contribution in [3.05, 3.63) is 42.1 Å². The van der Waals surface area contributed by atoms with Gasteiger partial charge < -0.3 is 5.73 Å². The first-order valence-corrected chi connectivity index (χ1v) is 7.99. The van der Waals surface area contributed by atoms with E-state index in [4.69, 9.17) is 5.73 Å². The summed E-state index contributed by atoms with van der Waals surface area (Å²) in [4.78, 5) is 6.97. The Morgan fingerprint density at radius 1 is 1.33 bits per heavy atom. The maximum Gasteiger partial charge on any atom is 0.0702 e. The topological polar surface area (TPSA) is 42.1 Å². The van der Waals surface area contributed by atoms with E-state index >= 15 is 0 Å². The maximum atomic E-state index is 6.46. The van der Waals surface area contributed by atoms with Crippen molar-refractivity contribution in [3.63, 3.8) is 0 Å². The number of hydrogen-bond acceptors (Lipinski definition) is 3. The first-order valence-electron chi connectivity index (χ1n) is 7.99. The Balaban J connectivity index is 1.96. The van der Waals surface area contributed by atoms with Gasteiger partial charge in [0, 0.05) is 30.2 Å². The van der Waals surface area contributed by atoms with Gasteiger partial charge >= 0.3 is 0 Å². The molecule has 1 aromatic heterocycles. The van der Waals surface area contributed by atoms with E-state index in [-0.39, 0.29) is 6.04 Å². The van der Waals surface area contributed by atoms with Gasteiger partial charge in [-0.2, -0.15) is 0 Å². The molecule has 0 radical (unpaired) electrons. The summed E-state index contributed by atoms with van der Waals surface area (Å²) < 4.78 is 0. The second-order valence-electron chi connectivity index (χ2n) is 6.60. The highest BCUT2D eigenvalue weighted by molar-refractivity contribution is 5.79. The van der Waals surface area contributed by atoms with Crippen LogP contribution in [0.5, 0.6) is 0 Å². The van der Waals surface area contributed by atoms with Crippen LogP contribution in [0.3, 0.4) is 0 Å². The van der Waals surface area contributed by atoms with Crippen LogP contribution < -0.4 is 5.73 Å². The minimum atomic E-state index is 0.228. The van der Waals surface area contributed by atoms with Gasteiger partial charge in [-0.25, -0.2) is 0 Å². The summed E-state index contributed by atoms with van der Waals surface area (Å²) in [5, 5.41) is 1.21. The average Bonchev–Trinajstić information content (AvgIpc) is 2.46. The molecule has 1 aliphatic rings. The van der Waals surface area contributed by atoms with E-state index in [1.165, 1.54) is 17.4 Å². The Morgan fingerprint density at radius 2 is 2.19 bits per heavy atom. The normalized spacial score (nSPS) is 23.8. The van der Waals surface area contributed by atoms with E-state index in [1.54, 1.807) is 0 Å². The van der Waals surface area contributed by atoms with Crippen LogP contribution >= 0.6 is 0 Å². The summed E-state index contributed by atoms with van der Waals surface area (Å²) in [6.07, 6.45) is 4.17. The molecule has 3 rings (SSSR count). The maximum absolute atomic E-state index is 6.46. The highest BCUT2D eigenvalue weighted by Crippen LogP contribution is 2.32. The fourth-order valence-electron chi connectivity index (χ4n) is 3.51. The zero-order valence-corrected chi connectivity index (χ0v) is 13.0. The van der Waals surface area contributed by atoms with Crippen LogP contribution in [0, 0.1) is 5.92 Å². The standard InChI is InChI=1S/C18H25N3/c1-13(2)12-21-10-4-6-16(19)18(21)15-7-8-17-14(11-15)5-3-9-20-17/h3,5,7-9,11,13,16,18H,4,6,10,12,19H2,1-2H3. The number of fused-ring (bicyclic) bond motifs is 1. The largest absolute Gasteiger partial charge is 0.326 e. The summed E-state index contributed by atoms with van der Waals surface area (Å²) >= 11 is 0. The zero-order valence-electron chi connectivity index (χ0n) is 13.0. The second-order valence-corrected chi connectivity index (χ2v) is 6.60. The molecule has 2 unspecified atom stereocenters. The van der Waals surface area contributed by atoms with Crippen molar-refractivity contribution in [2.45, 2.75) is 38.8 Å². The van der Waals surface area contributed by atoms with Gasteiger partial charge in [-0.3, -0.25) is 9.88 Å². The molecule has 3 heteroatoms. The monoisotopic (exact) mass is 283 g/mol. The summed E-state index contributed by atoms with van der Waals surface area (Å²) in [6, 6.07) is 11.3. The molecule has 0 saturated carbocycles. The molecule has 1 aliphatic heterocycles. The molecule has 0 bridgehead atoms. The number of pyridine rings is 1. The fraction of sp³-hybridized carbons (Fsp3) is 0.500. The first kappa shape index (κ1) is 14.5. The van der Waals surface area contributed by atoms with Crippen LogP contribution in [0.15, 0.2) is 36.5 Å². The molecule has 112 valence electrons. The number of nitrogens with two attached hydrogens (primary N) is 1. The van der Waals surface area contributed by atoms with Gasteiger partial charge in [0.2, 0.25) is 0 Å². The molecule has 0 aliphatic carbocycles. The molecule has 0 spiro atoms. The predicted molar refractivity (Wildman–Crippen MR) is 88.1 cm³/mol. The Morgan fingerprint density at radius 3 is 3.00 bits per heavy atom. The molecule has 2 N–H and O–H groups in total. The molecule has 3 nitrogen and oxygen atoms in total. The minimum absolute atomic E-state index is 0.228. The second kappa shape index (κ2) is 6.12. The van der Waals surface area contributed by atoms with Gasteiger partial charge in [-0.1, -0.05) is 26.0 Å². The van der Waals surface area contributed by atoms with E-state index < -0.39 is 0 Å². The fourth-order valence-corrected chi connectivity index (χ4v) is 3.51. The van der Waals surface area contributed by atoms with E-state index in [2.05, 4.69) is 48.0 Å². The summed E-state index contributed by atoms with van der Waals surface area (Å²) in [7, 11) is 0. The Labute approximate surface area is 127 Å². The third-order valence-electron chi connectivity index (χ3n) is 4.35. The van der Waals surface area contributed by atoms with Crippen molar-refractivity contribution >= 4 is 10.9 Å². The third-order valence-corrected chi connectivity index (χ3v) is 4.35. The van der Waals surface area contributed by atoms with Crippen LogP contribution in [0.4, 0.5) is 0 Å². The van der Waals surface area contributed by atoms with Crippen molar-refractivity contribution in [1.82, 2.24) is 9.88 Å². The molecule has 2 atom stereocenters. The summed E-state index contributed by atoms with van der Waals surface area (Å²) in [6.45, 7) is 6.83. The molecule has 21 heavy (non-hydrogen) atoms. The number of benzene rings is 1. The molecule has 2 aromatic rings. The minimum Gasteiger partial charge on any atom is -0.326 e. The first-order chi connectivity index (χ1) is 10.1. The van der Waals surface area contributed by atoms with E-state index in [1.807, 2.05) is 12.3 Å². The molecular formula is C18H25N3. The number of piperidine rings is 1. The molecule has 2 heterocycles. The number of nitrogens with zero attached hydrogens (tertiary/aromatic N) is 2. The molecule has 1 fully saturated rings. The lowest BCUT2D eigenvalue weighted by atomic mass is 9.89. The molecule has 1 saturated heterocycles. The van der Waals surface area contributed by atoms with Crippen molar-refractivity contribution in [2.24, 2.45) is 11.7 Å². The number of rotatable bonds is 3. The summed E-state index contributed by atoms with van der Waals surface area (Å²) in [5.74, 6) is 0.667. The number of aromatic nitrogens is 1. The Hall–Kier alpha value is -1.45. The molecule has 0 amide bonds. The van der Waals surface area contributed by atoms with Gasteiger partial charge in [0.15, 0.2) is 0 Å². The van der Waals surface area contributed by atoms with E-state index in [0.29, 0.717) is 12.0 Å². The van der Waals surface area contributed by atoms with Gasteiger partial charge in [-0.15, -0.1) is 0 Å². The van der Waals surface area contributed by atoms with Crippen molar-refractivity contribution < 1.29 is 0 Å². The van der Waals surface area contributed by atoms with Crippen molar-refractivity contribution in [3.8, 4) is 0 Å². The van der Waals surface area contributed by atoms with Crippen molar-refractivity contribution in [2.75, 3.05) is 13.1 Å². The van der Waals surface area contributed by atoms with Gasteiger partial charge in [0.1, 0.15) is 0 Å². The summed E-state index contributed by atoms with van der Waals surface area (Å²) in [5.41, 5.74) is 8.86. The lowest BCUT2D eigenvalue weighted by Crippen LogP contribution is -2.47. The third kappa shape index (κ3) is 3.09. The van der Waals surface area contributed by atoms with E-state index in [9.17, 15) is 0 Å².